The number of fused-ring (bicyclic) bond motifs is 1. The zero-order valence-electron chi connectivity index (χ0n) is 12.2. The van der Waals surface area contributed by atoms with E-state index in [0.717, 1.165) is 29.2 Å². The van der Waals surface area contributed by atoms with Crippen LogP contribution in [0, 0.1) is 6.92 Å². The van der Waals surface area contributed by atoms with Gasteiger partial charge < -0.3 is 5.32 Å². The molecule has 0 spiro atoms. The molecule has 2 aromatic heterocycles. The molecule has 0 unspecified atom stereocenters. The zero-order valence-corrected chi connectivity index (χ0v) is 13.1. The van der Waals surface area contributed by atoms with Gasteiger partial charge >= 0.3 is 0 Å². The van der Waals surface area contributed by atoms with Crippen LogP contribution in [0.15, 0.2) is 5.38 Å². The predicted octanol–water partition coefficient (Wildman–Crippen LogP) is 2.30. The fraction of sp³-hybridized carbons (Fsp3) is 0.533. The van der Waals surface area contributed by atoms with Crippen molar-refractivity contribution in [3.05, 3.63) is 33.0 Å². The second kappa shape index (κ2) is 6.39. The molecule has 2 N–H and O–H groups in total. The molecule has 0 bridgehead atoms. The van der Waals surface area contributed by atoms with Gasteiger partial charge in [0.2, 0.25) is 5.91 Å². The second-order valence-electron chi connectivity index (χ2n) is 5.50. The summed E-state index contributed by atoms with van der Waals surface area (Å²) in [7, 11) is 0. The third kappa shape index (κ3) is 3.50. The molecule has 0 saturated carbocycles. The predicted molar refractivity (Wildman–Crippen MR) is 82.2 cm³/mol. The number of carbonyl (C=O) groups is 1. The molecule has 5 nitrogen and oxygen atoms in total. The first kappa shape index (κ1) is 14.3. The van der Waals surface area contributed by atoms with Crippen molar-refractivity contribution in [1.82, 2.24) is 20.5 Å². The Morgan fingerprint density at radius 3 is 3.05 bits per heavy atom. The number of nitrogens with one attached hydrogen (secondary N) is 2. The summed E-state index contributed by atoms with van der Waals surface area (Å²) in [5, 5.41) is 13.4. The first-order chi connectivity index (χ1) is 10.2. The Morgan fingerprint density at radius 2 is 2.24 bits per heavy atom. The molecule has 2 aromatic rings. The van der Waals surface area contributed by atoms with E-state index in [9.17, 15) is 4.79 Å². The molecule has 112 valence electrons. The quantitative estimate of drug-likeness (QED) is 0.852. The number of thiazole rings is 1. The highest BCUT2D eigenvalue weighted by molar-refractivity contribution is 7.09. The summed E-state index contributed by atoms with van der Waals surface area (Å²) in [4.78, 5) is 16.3. The number of nitrogens with zero attached hydrogens (tertiary/aromatic N) is 2. The average molecular weight is 304 g/mol. The van der Waals surface area contributed by atoms with Crippen LogP contribution in [0.5, 0.6) is 0 Å². The number of H-pyrrole nitrogens is 1. The van der Waals surface area contributed by atoms with Gasteiger partial charge in [0, 0.05) is 11.1 Å². The van der Waals surface area contributed by atoms with E-state index in [0.29, 0.717) is 13.0 Å². The van der Waals surface area contributed by atoms with Crippen molar-refractivity contribution in [2.75, 3.05) is 0 Å². The lowest BCUT2D eigenvalue weighted by Gasteiger charge is -2.04. The summed E-state index contributed by atoms with van der Waals surface area (Å²) >= 11 is 1.57. The average Bonchev–Trinajstić information content (AvgIpc) is 2.96. The maximum Gasteiger partial charge on any atom is 0.226 e. The molecule has 0 saturated heterocycles. The van der Waals surface area contributed by atoms with E-state index in [-0.39, 0.29) is 5.91 Å². The number of amides is 1. The van der Waals surface area contributed by atoms with Crippen LogP contribution in [-0.4, -0.2) is 21.1 Å². The monoisotopic (exact) mass is 304 g/mol. The SMILES string of the molecule is Cc1nc(CC(=O)NCc2n[nH]c3c2CCCCC3)cs1. The number of hydrogen-bond donors (Lipinski definition) is 2. The van der Waals surface area contributed by atoms with E-state index in [1.54, 1.807) is 11.3 Å². The number of rotatable bonds is 4. The Kier molecular flexibility index (Phi) is 4.34. The van der Waals surface area contributed by atoms with E-state index in [4.69, 9.17) is 0 Å². The summed E-state index contributed by atoms with van der Waals surface area (Å²) in [5.41, 5.74) is 4.41. The van der Waals surface area contributed by atoms with Gasteiger partial charge in [0.1, 0.15) is 0 Å². The van der Waals surface area contributed by atoms with E-state index in [1.165, 1.54) is 30.5 Å². The van der Waals surface area contributed by atoms with Crippen molar-refractivity contribution >= 4 is 17.2 Å². The van der Waals surface area contributed by atoms with Crippen LogP contribution in [0.1, 0.15) is 46.9 Å². The van der Waals surface area contributed by atoms with E-state index in [2.05, 4.69) is 20.5 Å². The molecule has 6 heteroatoms. The maximum atomic E-state index is 12.0. The number of carbonyl (C=O) groups excluding carboxylic acids is 1. The summed E-state index contributed by atoms with van der Waals surface area (Å²) in [6, 6.07) is 0. The fourth-order valence-electron chi connectivity index (χ4n) is 2.77. The number of hydrogen-bond acceptors (Lipinski definition) is 4. The highest BCUT2D eigenvalue weighted by Crippen LogP contribution is 2.21. The minimum atomic E-state index is 0.00525. The molecule has 2 heterocycles. The first-order valence-electron chi connectivity index (χ1n) is 7.45. The molecule has 0 fully saturated rings. The van der Waals surface area contributed by atoms with Gasteiger partial charge in [-0.05, 0) is 38.2 Å². The van der Waals surface area contributed by atoms with Gasteiger partial charge in [-0.3, -0.25) is 9.89 Å². The smallest absolute Gasteiger partial charge is 0.226 e. The summed E-state index contributed by atoms with van der Waals surface area (Å²) in [5.74, 6) is 0.00525. The number of aryl methyl sites for hydroxylation is 2. The standard InChI is InChI=1S/C15H20N4OS/c1-10-17-11(9-21-10)7-15(20)16-8-14-12-5-3-2-4-6-13(12)18-19-14/h9H,2-8H2,1H3,(H,16,20)(H,18,19). The van der Waals surface area contributed by atoms with Crippen LogP contribution in [0.25, 0.3) is 0 Å². The minimum absolute atomic E-state index is 0.00525. The highest BCUT2D eigenvalue weighted by Gasteiger charge is 2.16. The van der Waals surface area contributed by atoms with Crippen LogP contribution in [-0.2, 0) is 30.6 Å². The highest BCUT2D eigenvalue weighted by atomic mass is 32.1. The summed E-state index contributed by atoms with van der Waals surface area (Å²) < 4.78 is 0. The number of aromatic amines is 1. The van der Waals surface area contributed by atoms with Gasteiger partial charge in [-0.25, -0.2) is 4.98 Å². The largest absolute Gasteiger partial charge is 0.350 e. The molecule has 1 amide bonds. The van der Waals surface area contributed by atoms with Crippen molar-refractivity contribution in [2.24, 2.45) is 0 Å². The lowest BCUT2D eigenvalue weighted by atomic mass is 10.1. The summed E-state index contributed by atoms with van der Waals surface area (Å²) in [6.45, 7) is 2.46. The Labute approximate surface area is 128 Å². The fourth-order valence-corrected chi connectivity index (χ4v) is 3.38. The van der Waals surface area contributed by atoms with E-state index >= 15 is 0 Å². The minimum Gasteiger partial charge on any atom is -0.350 e. The number of aromatic nitrogens is 3. The zero-order chi connectivity index (χ0) is 14.7. The maximum absolute atomic E-state index is 12.0. The van der Waals surface area contributed by atoms with Crippen LogP contribution in [0.4, 0.5) is 0 Å². The van der Waals surface area contributed by atoms with Crippen molar-refractivity contribution < 1.29 is 4.79 Å². The molecular formula is C15H20N4OS. The molecule has 3 rings (SSSR count). The van der Waals surface area contributed by atoms with Crippen LogP contribution in [0.2, 0.25) is 0 Å². The lowest BCUT2D eigenvalue weighted by molar-refractivity contribution is -0.120. The van der Waals surface area contributed by atoms with Crippen LogP contribution in [0.3, 0.4) is 0 Å². The Balaban J connectivity index is 1.57. The normalized spacial score (nSPS) is 14.5. The van der Waals surface area contributed by atoms with E-state index < -0.39 is 0 Å². The molecule has 1 aliphatic rings. The molecule has 0 aliphatic heterocycles. The molecule has 1 aliphatic carbocycles. The van der Waals surface area contributed by atoms with Gasteiger partial charge in [0.25, 0.3) is 0 Å². The Bertz CT molecular complexity index is 631. The molecule has 0 atom stereocenters. The van der Waals surface area contributed by atoms with Crippen molar-refractivity contribution in [2.45, 2.75) is 52.0 Å². The van der Waals surface area contributed by atoms with Crippen LogP contribution < -0.4 is 5.32 Å². The van der Waals surface area contributed by atoms with E-state index in [1.807, 2.05) is 12.3 Å². The van der Waals surface area contributed by atoms with Gasteiger partial charge in [-0.1, -0.05) is 6.42 Å². The Hall–Kier alpha value is -1.69. The first-order valence-corrected chi connectivity index (χ1v) is 8.33. The summed E-state index contributed by atoms with van der Waals surface area (Å²) in [6.07, 6.45) is 6.21. The van der Waals surface area contributed by atoms with Crippen LogP contribution >= 0.6 is 11.3 Å². The van der Waals surface area contributed by atoms with Gasteiger partial charge in [-0.15, -0.1) is 11.3 Å². The van der Waals surface area contributed by atoms with Gasteiger partial charge in [-0.2, -0.15) is 5.10 Å². The lowest BCUT2D eigenvalue weighted by Crippen LogP contribution is -2.25. The topological polar surface area (TPSA) is 70.7 Å². The Morgan fingerprint density at radius 1 is 1.38 bits per heavy atom. The molecule has 0 aromatic carbocycles. The van der Waals surface area contributed by atoms with Gasteiger partial charge in [0.05, 0.1) is 29.4 Å². The van der Waals surface area contributed by atoms with Crippen molar-refractivity contribution in [1.29, 1.82) is 0 Å². The van der Waals surface area contributed by atoms with Crippen molar-refractivity contribution in [3.8, 4) is 0 Å². The third-order valence-electron chi connectivity index (χ3n) is 3.85. The van der Waals surface area contributed by atoms with Crippen molar-refractivity contribution in [3.63, 3.8) is 0 Å². The second-order valence-corrected chi connectivity index (χ2v) is 6.56. The molecule has 21 heavy (non-hydrogen) atoms. The molecular weight excluding hydrogens is 284 g/mol. The van der Waals surface area contributed by atoms with Gasteiger partial charge in [0.15, 0.2) is 0 Å². The molecule has 0 radical (unpaired) electrons. The third-order valence-corrected chi connectivity index (χ3v) is 4.68.